The molecule has 0 bridgehead atoms. The predicted octanol–water partition coefficient (Wildman–Crippen LogP) is 1.38. The highest BCUT2D eigenvalue weighted by Gasteiger charge is 2.19. The molecule has 3 rings (SSSR count). The van der Waals surface area contributed by atoms with Crippen molar-refractivity contribution in [3.8, 4) is 0 Å². The minimum absolute atomic E-state index is 0.393. The van der Waals surface area contributed by atoms with Crippen LogP contribution < -0.4 is 5.32 Å². The Morgan fingerprint density at radius 3 is 3.21 bits per heavy atom. The van der Waals surface area contributed by atoms with Crippen LogP contribution in [0.15, 0.2) is 18.3 Å². The largest absolute Gasteiger partial charge is 0.339 e. The summed E-state index contributed by atoms with van der Waals surface area (Å²) in [6.07, 6.45) is 4.17. The van der Waals surface area contributed by atoms with Gasteiger partial charge in [0, 0.05) is 6.20 Å². The van der Waals surface area contributed by atoms with Gasteiger partial charge in [0.05, 0.1) is 11.6 Å². The number of hydrogen-bond acceptors (Lipinski definition) is 3. The lowest BCUT2D eigenvalue weighted by Gasteiger charge is -2.04. The maximum absolute atomic E-state index is 4.47. The number of hydrogen-bond donors (Lipinski definition) is 2. The monoisotopic (exact) mass is 188 g/mol. The number of nitrogens with one attached hydrogen (secondary N) is 2. The number of H-pyrrole nitrogens is 1. The van der Waals surface area contributed by atoms with E-state index in [1.165, 1.54) is 12.8 Å². The molecule has 72 valence electrons. The van der Waals surface area contributed by atoms with E-state index in [0.29, 0.717) is 6.04 Å². The van der Waals surface area contributed by atoms with Crippen LogP contribution in [0.5, 0.6) is 0 Å². The minimum atomic E-state index is 0.393. The van der Waals surface area contributed by atoms with Crippen LogP contribution in [0, 0.1) is 0 Å². The highest BCUT2D eigenvalue weighted by Crippen LogP contribution is 2.21. The molecule has 0 spiro atoms. The number of nitrogens with zero attached hydrogens (tertiary/aromatic N) is 2. The van der Waals surface area contributed by atoms with E-state index in [1.807, 2.05) is 12.1 Å². The van der Waals surface area contributed by atoms with Gasteiger partial charge in [0.1, 0.15) is 5.82 Å². The average molecular weight is 188 g/mol. The maximum Gasteiger partial charge on any atom is 0.177 e. The van der Waals surface area contributed by atoms with E-state index in [-0.39, 0.29) is 0 Å². The van der Waals surface area contributed by atoms with Gasteiger partial charge in [0.25, 0.3) is 0 Å². The van der Waals surface area contributed by atoms with Crippen molar-refractivity contribution in [3.63, 3.8) is 0 Å². The molecule has 0 radical (unpaired) electrons. The second-order valence-corrected chi connectivity index (χ2v) is 3.65. The van der Waals surface area contributed by atoms with Gasteiger partial charge in [0.15, 0.2) is 5.65 Å². The summed E-state index contributed by atoms with van der Waals surface area (Å²) in [5.74, 6) is 1.02. The molecule has 2 N–H and O–H groups in total. The van der Waals surface area contributed by atoms with Gasteiger partial charge in [-0.2, -0.15) is 0 Å². The van der Waals surface area contributed by atoms with Crippen molar-refractivity contribution < 1.29 is 0 Å². The highest BCUT2D eigenvalue weighted by molar-refractivity contribution is 5.69. The molecule has 4 heteroatoms. The molecule has 0 saturated carbocycles. The quantitative estimate of drug-likeness (QED) is 0.711. The molecule has 0 aromatic carbocycles. The Kier molecular flexibility index (Phi) is 1.73. The van der Waals surface area contributed by atoms with Crippen LogP contribution >= 0.6 is 0 Å². The van der Waals surface area contributed by atoms with E-state index < -0.39 is 0 Å². The van der Waals surface area contributed by atoms with E-state index in [9.17, 15) is 0 Å². The van der Waals surface area contributed by atoms with Gasteiger partial charge in [-0.25, -0.2) is 9.97 Å². The number of aromatic amines is 1. The lowest BCUT2D eigenvalue weighted by Crippen LogP contribution is -2.14. The molecule has 2 aromatic heterocycles. The zero-order valence-electron chi connectivity index (χ0n) is 7.83. The zero-order chi connectivity index (χ0) is 9.38. The van der Waals surface area contributed by atoms with Crippen LogP contribution in [0.2, 0.25) is 0 Å². The molecule has 0 amide bonds. The Labute approximate surface area is 81.8 Å². The zero-order valence-corrected chi connectivity index (χ0v) is 7.83. The molecule has 2 aromatic rings. The standard InChI is InChI=1S/C10H12N4/c1-3-7(11-5-1)10-13-8-4-2-6-12-9(8)14-10/h2,4,6-7,11H,1,3,5H2,(H,12,13,14)/t7-/m0/s1. The first kappa shape index (κ1) is 7.94. The van der Waals surface area contributed by atoms with Crippen molar-refractivity contribution in [2.75, 3.05) is 6.54 Å². The topological polar surface area (TPSA) is 53.6 Å². The van der Waals surface area contributed by atoms with Crippen LogP contribution in [-0.2, 0) is 0 Å². The molecule has 1 atom stereocenters. The fraction of sp³-hybridized carbons (Fsp3) is 0.400. The van der Waals surface area contributed by atoms with E-state index in [1.54, 1.807) is 6.20 Å². The molecule has 3 heterocycles. The number of rotatable bonds is 1. The summed E-state index contributed by atoms with van der Waals surface area (Å²) in [5.41, 5.74) is 1.84. The third-order valence-corrected chi connectivity index (χ3v) is 2.67. The summed E-state index contributed by atoms with van der Waals surface area (Å²) in [6.45, 7) is 1.09. The van der Waals surface area contributed by atoms with E-state index in [2.05, 4.69) is 20.3 Å². The normalized spacial score (nSPS) is 21.9. The summed E-state index contributed by atoms with van der Waals surface area (Å²) >= 11 is 0. The highest BCUT2D eigenvalue weighted by atomic mass is 15.1. The SMILES string of the molecule is c1cnc2nc([C@@H]3CCCN3)[nH]c2c1. The predicted molar refractivity (Wildman–Crippen MR) is 53.9 cm³/mol. The second-order valence-electron chi connectivity index (χ2n) is 3.65. The molecule has 1 aliphatic heterocycles. The van der Waals surface area contributed by atoms with Crippen LogP contribution in [-0.4, -0.2) is 21.5 Å². The maximum atomic E-state index is 4.47. The first-order chi connectivity index (χ1) is 6.93. The molecule has 1 saturated heterocycles. The van der Waals surface area contributed by atoms with E-state index >= 15 is 0 Å². The van der Waals surface area contributed by atoms with Crippen LogP contribution in [0.3, 0.4) is 0 Å². The lowest BCUT2D eigenvalue weighted by molar-refractivity contribution is 0.614. The summed E-state index contributed by atoms with van der Waals surface area (Å²) in [6, 6.07) is 4.32. The smallest absolute Gasteiger partial charge is 0.177 e. The first-order valence-electron chi connectivity index (χ1n) is 4.97. The van der Waals surface area contributed by atoms with Gasteiger partial charge in [0.2, 0.25) is 0 Å². The van der Waals surface area contributed by atoms with Gasteiger partial charge >= 0.3 is 0 Å². The molecule has 4 nitrogen and oxygen atoms in total. The molecule has 0 aliphatic carbocycles. The van der Waals surface area contributed by atoms with Crippen LogP contribution in [0.1, 0.15) is 24.7 Å². The lowest BCUT2D eigenvalue weighted by atomic mass is 10.2. The average Bonchev–Trinajstić information content (AvgIpc) is 2.86. The number of fused-ring (bicyclic) bond motifs is 1. The van der Waals surface area contributed by atoms with E-state index in [0.717, 1.165) is 23.5 Å². The van der Waals surface area contributed by atoms with Crippen molar-refractivity contribution in [1.29, 1.82) is 0 Å². The molecule has 14 heavy (non-hydrogen) atoms. The van der Waals surface area contributed by atoms with Gasteiger partial charge in [-0.05, 0) is 31.5 Å². The third kappa shape index (κ3) is 1.19. The van der Waals surface area contributed by atoms with Crippen LogP contribution in [0.25, 0.3) is 11.2 Å². The van der Waals surface area contributed by atoms with Crippen molar-refractivity contribution in [2.24, 2.45) is 0 Å². The fourth-order valence-corrected chi connectivity index (χ4v) is 1.95. The summed E-state index contributed by atoms with van der Waals surface area (Å²) in [4.78, 5) is 12.0. The fourth-order valence-electron chi connectivity index (χ4n) is 1.95. The van der Waals surface area contributed by atoms with Crippen molar-refractivity contribution in [1.82, 2.24) is 20.3 Å². The van der Waals surface area contributed by atoms with Gasteiger partial charge in [-0.15, -0.1) is 0 Å². The van der Waals surface area contributed by atoms with Crippen LogP contribution in [0.4, 0.5) is 0 Å². The second kappa shape index (κ2) is 3.06. The van der Waals surface area contributed by atoms with Crippen molar-refractivity contribution >= 4 is 11.2 Å². The number of imidazole rings is 1. The molecular formula is C10H12N4. The Hall–Kier alpha value is -1.42. The molecule has 1 fully saturated rings. The van der Waals surface area contributed by atoms with E-state index in [4.69, 9.17) is 0 Å². The van der Waals surface area contributed by atoms with Gasteiger partial charge in [-0.1, -0.05) is 0 Å². The Balaban J connectivity index is 2.05. The van der Waals surface area contributed by atoms with Gasteiger partial charge < -0.3 is 10.3 Å². The van der Waals surface area contributed by atoms with Crippen molar-refractivity contribution in [2.45, 2.75) is 18.9 Å². The summed E-state index contributed by atoms with van der Waals surface area (Å²) in [5, 5.41) is 3.41. The minimum Gasteiger partial charge on any atom is -0.339 e. The third-order valence-electron chi connectivity index (χ3n) is 2.67. The number of aromatic nitrogens is 3. The van der Waals surface area contributed by atoms with Gasteiger partial charge in [-0.3, -0.25) is 0 Å². The number of pyridine rings is 1. The first-order valence-corrected chi connectivity index (χ1v) is 4.97. The molecule has 1 aliphatic rings. The summed E-state index contributed by atoms with van der Waals surface area (Å²) < 4.78 is 0. The molecular weight excluding hydrogens is 176 g/mol. The van der Waals surface area contributed by atoms with Crippen molar-refractivity contribution in [3.05, 3.63) is 24.2 Å². The summed E-state index contributed by atoms with van der Waals surface area (Å²) in [7, 11) is 0. The Morgan fingerprint density at radius 2 is 2.43 bits per heavy atom. The Morgan fingerprint density at radius 1 is 1.43 bits per heavy atom. The Bertz CT molecular complexity index is 409. The molecule has 0 unspecified atom stereocenters.